The number of benzene rings is 2. The van der Waals surface area contributed by atoms with Crippen LogP contribution >= 0.6 is 32.1 Å². The predicted molar refractivity (Wildman–Crippen MR) is 122 cm³/mol. The summed E-state index contributed by atoms with van der Waals surface area (Å²) in [6.07, 6.45) is 0. The summed E-state index contributed by atoms with van der Waals surface area (Å²) in [5, 5.41) is 13.2. The van der Waals surface area contributed by atoms with Gasteiger partial charge in [-0.05, 0) is 46.8 Å². The number of carbonyl (C=O) groups is 1. The maximum Gasteiger partial charge on any atom is 0.445 e. The number of hydrogen-bond donors (Lipinski definition) is 2. The first-order chi connectivity index (χ1) is 14.6. The summed E-state index contributed by atoms with van der Waals surface area (Å²) >= 11 is -0.716. The number of carbonyl (C=O) groups excluding carboxylic acids is 1. The number of ether oxygens (including phenoxy) is 1. The maximum absolute atomic E-state index is 14.6. The highest BCUT2D eigenvalue weighted by Gasteiger charge is 2.28. The van der Waals surface area contributed by atoms with Crippen molar-refractivity contribution in [3.8, 4) is 16.9 Å². The third kappa shape index (κ3) is 5.31. The molecule has 0 saturated heterocycles. The van der Waals surface area contributed by atoms with E-state index < -0.39 is 48.1 Å². The fourth-order valence-electron chi connectivity index (χ4n) is 2.65. The highest BCUT2D eigenvalue weighted by Crippen LogP contribution is 2.34. The van der Waals surface area contributed by atoms with E-state index in [9.17, 15) is 27.5 Å². The van der Waals surface area contributed by atoms with Crippen LogP contribution in [-0.4, -0.2) is 19.6 Å². The zero-order chi connectivity index (χ0) is 22.8. The molecule has 1 aromatic heterocycles. The van der Waals surface area contributed by atoms with Gasteiger partial charge in [0.1, 0.15) is 28.8 Å². The molecule has 10 heteroatoms. The van der Waals surface area contributed by atoms with Gasteiger partial charge in [0.25, 0.3) is 5.91 Å². The minimum absolute atomic E-state index is 0.0133. The molecular formula is C21H14F4INO3S. The van der Waals surface area contributed by atoms with E-state index in [4.69, 9.17) is 0 Å². The van der Waals surface area contributed by atoms with Crippen LogP contribution < -0.4 is 10.1 Å². The lowest BCUT2D eigenvalue weighted by Crippen LogP contribution is -2.16. The van der Waals surface area contributed by atoms with Crippen molar-refractivity contribution < 1.29 is 32.2 Å². The first-order valence-electron chi connectivity index (χ1n) is 8.44. The number of alkyl halides is 3. The number of rotatable bonds is 7. The number of halogens is 5. The molecular weight excluding hydrogens is 549 g/mol. The molecule has 0 radical (unpaired) electrons. The van der Waals surface area contributed by atoms with Crippen LogP contribution in [-0.2, 0) is 0 Å². The number of aliphatic hydroxyl groups excluding tert-OH is 1. The Morgan fingerprint density at radius 2 is 1.81 bits per heavy atom. The van der Waals surface area contributed by atoms with E-state index in [1.807, 2.05) is 0 Å². The number of amides is 1. The molecule has 0 aliphatic rings. The average Bonchev–Trinajstić information content (AvgIpc) is 3.21. The molecule has 31 heavy (non-hydrogen) atoms. The Kier molecular flexibility index (Phi) is 6.80. The van der Waals surface area contributed by atoms with E-state index in [1.165, 1.54) is 35.7 Å². The maximum atomic E-state index is 14.6. The Morgan fingerprint density at radius 3 is 2.42 bits per heavy atom. The van der Waals surface area contributed by atoms with Crippen molar-refractivity contribution in [2.24, 2.45) is 0 Å². The van der Waals surface area contributed by atoms with Gasteiger partial charge in [0.2, 0.25) is 0 Å². The molecule has 162 valence electrons. The highest BCUT2D eigenvalue weighted by atomic mass is 127. The van der Waals surface area contributed by atoms with E-state index >= 15 is 0 Å². The standard InChI is InChI=1S/C21H14F4INO3S/c1-11(28)19-15(6-7-31-19)20(29)27-18-16(22)9-13(10-17(18)23)12-4-3-5-14(8-12)30-21(24,25)26-2/h3-10,28H,1-2H2,(H,27,29). The fourth-order valence-corrected chi connectivity index (χ4v) is 3.83. The van der Waals surface area contributed by atoms with Gasteiger partial charge in [0.15, 0.2) is 0 Å². The summed E-state index contributed by atoms with van der Waals surface area (Å²) in [5.41, 5.74) is -0.372. The molecule has 0 saturated carbocycles. The highest BCUT2D eigenvalue weighted by molar-refractivity contribution is 14.2. The Labute approximate surface area is 188 Å². The SMILES string of the molecule is C=IC(F)(F)Oc1cccc(-c2cc(F)c(NC(=O)c3ccsc3C(=C)O)c(F)c2)c1. The van der Waals surface area contributed by atoms with Crippen molar-refractivity contribution in [3.63, 3.8) is 0 Å². The van der Waals surface area contributed by atoms with Crippen molar-refractivity contribution in [1.29, 1.82) is 0 Å². The summed E-state index contributed by atoms with van der Waals surface area (Å²) in [6.45, 7) is 3.34. The summed E-state index contributed by atoms with van der Waals surface area (Å²) in [7, 11) is 0. The van der Waals surface area contributed by atoms with Gasteiger partial charge in [0.05, 0.1) is 10.4 Å². The van der Waals surface area contributed by atoms with Crippen LogP contribution in [0.25, 0.3) is 16.9 Å². The van der Waals surface area contributed by atoms with E-state index in [0.717, 1.165) is 23.5 Å². The van der Waals surface area contributed by atoms with Crippen molar-refractivity contribution in [1.82, 2.24) is 0 Å². The molecule has 0 bridgehead atoms. The quantitative estimate of drug-likeness (QED) is 0.144. The second-order valence-electron chi connectivity index (χ2n) is 6.09. The second-order valence-corrected chi connectivity index (χ2v) is 9.02. The van der Waals surface area contributed by atoms with Gasteiger partial charge in [-0.2, -0.15) is 8.78 Å². The van der Waals surface area contributed by atoms with Gasteiger partial charge in [-0.3, -0.25) is 4.79 Å². The van der Waals surface area contributed by atoms with Crippen LogP contribution in [0.5, 0.6) is 5.75 Å². The van der Waals surface area contributed by atoms with E-state index in [2.05, 4.69) is 21.1 Å². The molecule has 0 atom stereocenters. The van der Waals surface area contributed by atoms with E-state index in [-0.39, 0.29) is 33.1 Å². The molecule has 0 fully saturated rings. The van der Waals surface area contributed by atoms with Crippen molar-refractivity contribution >= 4 is 53.9 Å². The lowest BCUT2D eigenvalue weighted by molar-refractivity contribution is -0.0692. The molecule has 0 aliphatic heterocycles. The Balaban J connectivity index is 1.89. The molecule has 3 rings (SSSR count). The topological polar surface area (TPSA) is 58.6 Å². The summed E-state index contributed by atoms with van der Waals surface area (Å²) < 4.78 is 60.6. The molecule has 1 heterocycles. The van der Waals surface area contributed by atoms with Crippen molar-refractivity contribution in [2.75, 3.05) is 5.32 Å². The normalized spacial score (nSPS) is 11.2. The van der Waals surface area contributed by atoms with Crippen molar-refractivity contribution in [2.45, 2.75) is 4.12 Å². The van der Waals surface area contributed by atoms with Crippen LogP contribution in [0, 0.1) is 11.6 Å². The number of aliphatic hydroxyl groups is 1. The van der Waals surface area contributed by atoms with E-state index in [1.54, 1.807) is 0 Å². The molecule has 0 unspecified atom stereocenters. The van der Waals surface area contributed by atoms with Gasteiger partial charge in [0, 0.05) is 20.7 Å². The third-order valence-electron chi connectivity index (χ3n) is 4.01. The van der Waals surface area contributed by atoms with Crippen LogP contribution in [0.3, 0.4) is 0 Å². The third-order valence-corrected chi connectivity index (χ3v) is 6.08. The summed E-state index contributed by atoms with van der Waals surface area (Å²) in [4.78, 5) is 12.6. The zero-order valence-corrected chi connectivity index (χ0v) is 18.6. The molecule has 1 amide bonds. The average molecular weight is 563 g/mol. The van der Waals surface area contributed by atoms with Gasteiger partial charge in [-0.25, -0.2) is 8.78 Å². The Hall–Kier alpha value is -2.73. The van der Waals surface area contributed by atoms with Crippen molar-refractivity contribution in [3.05, 3.63) is 76.5 Å². The van der Waals surface area contributed by atoms with E-state index in [0.29, 0.717) is 0 Å². The number of hydrogen-bond acceptors (Lipinski definition) is 4. The van der Waals surface area contributed by atoms with Gasteiger partial charge in [-0.1, -0.05) is 23.2 Å². The minimum Gasteiger partial charge on any atom is -0.507 e. The first kappa shape index (κ1) is 22.9. The van der Waals surface area contributed by atoms with Crippen LogP contribution in [0.1, 0.15) is 15.2 Å². The van der Waals surface area contributed by atoms with Crippen LogP contribution in [0.4, 0.5) is 23.2 Å². The van der Waals surface area contributed by atoms with Gasteiger partial charge in [-0.15, -0.1) is 11.3 Å². The molecule has 0 spiro atoms. The second kappa shape index (κ2) is 9.18. The predicted octanol–water partition coefficient (Wildman–Crippen LogP) is 6.81. The fraction of sp³-hybridized carbons (Fsp3) is 0.0476. The smallest absolute Gasteiger partial charge is 0.445 e. The largest absolute Gasteiger partial charge is 0.507 e. The number of nitrogens with one attached hydrogen (secondary N) is 1. The minimum atomic E-state index is -3.37. The summed E-state index contributed by atoms with van der Waals surface area (Å²) in [5.74, 6) is -3.47. The molecule has 4 nitrogen and oxygen atoms in total. The molecule has 2 aromatic carbocycles. The Morgan fingerprint density at radius 1 is 1.13 bits per heavy atom. The molecule has 3 aromatic rings. The number of thiophene rings is 1. The molecule has 2 N–H and O–H groups in total. The van der Waals surface area contributed by atoms with Gasteiger partial charge >= 0.3 is 4.12 Å². The Bertz CT molecular complexity index is 1160. The monoisotopic (exact) mass is 563 g/mol. The number of anilines is 1. The lowest BCUT2D eigenvalue weighted by atomic mass is 10.0. The zero-order valence-electron chi connectivity index (χ0n) is 15.6. The van der Waals surface area contributed by atoms with Crippen LogP contribution in [0.15, 0.2) is 54.4 Å². The van der Waals surface area contributed by atoms with Gasteiger partial charge < -0.3 is 15.2 Å². The first-order valence-corrected chi connectivity index (χ1v) is 11.9. The van der Waals surface area contributed by atoms with Crippen LogP contribution in [0.2, 0.25) is 0 Å². The summed E-state index contributed by atoms with van der Waals surface area (Å²) in [6, 6.07) is 8.72. The molecule has 0 aliphatic carbocycles. The lowest BCUT2D eigenvalue weighted by Gasteiger charge is -2.14.